The second-order valence-corrected chi connectivity index (χ2v) is 8.32. The van der Waals surface area contributed by atoms with E-state index in [2.05, 4.69) is 19.2 Å². The van der Waals surface area contributed by atoms with E-state index in [0.717, 1.165) is 5.75 Å². The van der Waals surface area contributed by atoms with Gasteiger partial charge in [-0.3, -0.25) is 0 Å². The van der Waals surface area contributed by atoms with E-state index in [1.54, 1.807) is 12.1 Å². The van der Waals surface area contributed by atoms with Gasteiger partial charge in [0.15, 0.2) is 0 Å². The van der Waals surface area contributed by atoms with Crippen molar-refractivity contribution in [3.63, 3.8) is 0 Å². The highest BCUT2D eigenvalue weighted by Gasteiger charge is 2.32. The lowest BCUT2D eigenvalue weighted by molar-refractivity contribution is 0.533. The monoisotopic (exact) mass is 319 g/mol. The minimum absolute atomic E-state index is 0.0321. The molecule has 4 unspecified atom stereocenters. The van der Waals surface area contributed by atoms with E-state index < -0.39 is 0 Å². The molecule has 0 bridgehead atoms. The van der Waals surface area contributed by atoms with E-state index in [1.807, 2.05) is 30.6 Å². The van der Waals surface area contributed by atoms with Crippen LogP contribution in [0, 0.1) is 5.82 Å². The van der Waals surface area contributed by atoms with Crippen molar-refractivity contribution in [1.29, 1.82) is 0 Å². The van der Waals surface area contributed by atoms with Crippen LogP contribution >= 0.6 is 35.1 Å². The van der Waals surface area contributed by atoms with Gasteiger partial charge >= 0.3 is 0 Å². The van der Waals surface area contributed by atoms with Gasteiger partial charge in [-0.25, -0.2) is 4.39 Å². The summed E-state index contributed by atoms with van der Waals surface area (Å²) >= 11 is 9.75. The van der Waals surface area contributed by atoms with Crippen LogP contribution in [0.2, 0.25) is 5.02 Å². The zero-order valence-electron chi connectivity index (χ0n) is 11.3. The Labute approximate surface area is 128 Å². The zero-order chi connectivity index (χ0) is 14.0. The number of halogens is 2. The van der Waals surface area contributed by atoms with Gasteiger partial charge in [0, 0.05) is 38.1 Å². The molecule has 0 aliphatic carbocycles. The normalized spacial score (nSPS) is 29.2. The van der Waals surface area contributed by atoms with E-state index in [-0.39, 0.29) is 11.9 Å². The molecule has 2 rings (SSSR count). The molecule has 1 N–H and O–H groups in total. The largest absolute Gasteiger partial charge is 0.312 e. The summed E-state index contributed by atoms with van der Waals surface area (Å²) in [5, 5.41) is 5.35. The number of nitrogens with one attached hydrogen (secondary N) is 1. The third-order valence-electron chi connectivity index (χ3n) is 3.55. The van der Waals surface area contributed by atoms with E-state index >= 15 is 0 Å². The Morgan fingerprint density at radius 2 is 2.11 bits per heavy atom. The molecule has 0 amide bonds. The first-order valence-electron chi connectivity index (χ1n) is 6.42. The van der Waals surface area contributed by atoms with E-state index in [4.69, 9.17) is 11.6 Å². The molecule has 1 aliphatic heterocycles. The first-order chi connectivity index (χ1) is 9.02. The number of benzene rings is 1. The van der Waals surface area contributed by atoms with Gasteiger partial charge in [0.05, 0.1) is 0 Å². The zero-order valence-corrected chi connectivity index (χ0v) is 13.7. The van der Waals surface area contributed by atoms with Crippen LogP contribution in [0.5, 0.6) is 0 Å². The molecule has 1 fully saturated rings. The van der Waals surface area contributed by atoms with Gasteiger partial charge < -0.3 is 5.32 Å². The van der Waals surface area contributed by atoms with Gasteiger partial charge in [0.25, 0.3) is 0 Å². The predicted molar refractivity (Wildman–Crippen MR) is 86.0 cm³/mol. The first kappa shape index (κ1) is 15.5. The van der Waals surface area contributed by atoms with Crippen molar-refractivity contribution in [3.8, 4) is 0 Å². The smallest absolute Gasteiger partial charge is 0.129 e. The Balaban J connectivity index is 2.20. The molecule has 5 heteroatoms. The topological polar surface area (TPSA) is 12.0 Å². The van der Waals surface area contributed by atoms with Gasteiger partial charge in [0.2, 0.25) is 0 Å². The number of thioether (sulfide) groups is 2. The lowest BCUT2D eigenvalue weighted by atomic mass is 10.0. The van der Waals surface area contributed by atoms with Gasteiger partial charge in [0.1, 0.15) is 5.82 Å². The average molecular weight is 320 g/mol. The third-order valence-corrected chi connectivity index (χ3v) is 7.28. The number of rotatable bonds is 3. The molecule has 0 aromatic heterocycles. The summed E-state index contributed by atoms with van der Waals surface area (Å²) in [4.78, 5) is 0. The molecule has 1 heterocycles. The second-order valence-electron chi connectivity index (χ2n) is 4.85. The highest BCUT2D eigenvalue weighted by molar-refractivity contribution is 8.07. The summed E-state index contributed by atoms with van der Waals surface area (Å²) in [5.41, 5.74) is 0.715. The summed E-state index contributed by atoms with van der Waals surface area (Å²) in [6.45, 7) is 4.51. The van der Waals surface area contributed by atoms with Crippen LogP contribution in [0.25, 0.3) is 0 Å². The van der Waals surface area contributed by atoms with Crippen LogP contribution in [0.15, 0.2) is 18.2 Å². The lowest BCUT2D eigenvalue weighted by Gasteiger charge is -2.36. The Bertz CT molecular complexity index is 443. The second kappa shape index (κ2) is 6.70. The fraction of sp³-hybridized carbons (Fsp3) is 0.571. The van der Waals surface area contributed by atoms with E-state index in [0.29, 0.717) is 26.3 Å². The molecule has 0 radical (unpaired) electrons. The van der Waals surface area contributed by atoms with E-state index in [1.165, 1.54) is 6.07 Å². The van der Waals surface area contributed by atoms with Crippen LogP contribution in [0.1, 0.15) is 25.5 Å². The molecular formula is C14H19ClFNS2. The molecule has 0 saturated carbocycles. The van der Waals surface area contributed by atoms with Crippen molar-refractivity contribution >= 4 is 35.1 Å². The van der Waals surface area contributed by atoms with Crippen molar-refractivity contribution in [2.75, 3.05) is 12.8 Å². The molecule has 4 atom stereocenters. The van der Waals surface area contributed by atoms with Crippen molar-refractivity contribution in [3.05, 3.63) is 34.6 Å². The Morgan fingerprint density at radius 3 is 2.68 bits per heavy atom. The van der Waals surface area contributed by atoms with E-state index in [9.17, 15) is 4.39 Å². The number of hydrogen-bond donors (Lipinski definition) is 1. The minimum atomic E-state index is -0.219. The predicted octanol–water partition coefficient (Wildman–Crippen LogP) is 4.37. The first-order valence-corrected chi connectivity index (χ1v) is 8.79. The molecular weight excluding hydrogens is 301 g/mol. The van der Waals surface area contributed by atoms with Gasteiger partial charge in [-0.15, -0.1) is 0 Å². The molecule has 1 nitrogen and oxygen atoms in total. The quantitative estimate of drug-likeness (QED) is 0.888. The minimum Gasteiger partial charge on any atom is -0.312 e. The van der Waals surface area contributed by atoms with Crippen LogP contribution in [0.3, 0.4) is 0 Å². The molecule has 1 aromatic carbocycles. The summed E-state index contributed by atoms with van der Waals surface area (Å²) in [6.07, 6.45) is 0. The highest BCUT2D eigenvalue weighted by Crippen LogP contribution is 2.41. The SMILES string of the molecule is CNC(c1ccc(Cl)cc1F)C1CSC(C)C(C)S1. The highest BCUT2D eigenvalue weighted by atomic mass is 35.5. The number of hydrogen-bond acceptors (Lipinski definition) is 3. The summed E-state index contributed by atoms with van der Waals surface area (Å²) in [7, 11) is 1.90. The van der Waals surface area contributed by atoms with Crippen LogP contribution < -0.4 is 5.32 Å². The van der Waals surface area contributed by atoms with Gasteiger partial charge in [-0.1, -0.05) is 31.5 Å². The maximum absolute atomic E-state index is 14.1. The molecule has 1 saturated heterocycles. The van der Waals surface area contributed by atoms with Gasteiger partial charge in [-0.2, -0.15) is 23.5 Å². The molecule has 1 aliphatic rings. The lowest BCUT2D eigenvalue weighted by Crippen LogP contribution is -2.36. The third kappa shape index (κ3) is 3.60. The van der Waals surface area contributed by atoms with Crippen molar-refractivity contribution in [1.82, 2.24) is 5.32 Å². The van der Waals surface area contributed by atoms with Crippen LogP contribution in [-0.4, -0.2) is 28.6 Å². The molecule has 19 heavy (non-hydrogen) atoms. The fourth-order valence-electron chi connectivity index (χ4n) is 2.28. The van der Waals surface area contributed by atoms with Crippen LogP contribution in [0.4, 0.5) is 4.39 Å². The van der Waals surface area contributed by atoms with Crippen molar-refractivity contribution in [2.24, 2.45) is 0 Å². The molecule has 1 aromatic rings. The molecule has 0 spiro atoms. The molecule has 106 valence electrons. The Kier molecular flexibility index (Phi) is 5.46. The maximum Gasteiger partial charge on any atom is 0.129 e. The van der Waals surface area contributed by atoms with Crippen molar-refractivity contribution in [2.45, 2.75) is 35.6 Å². The Morgan fingerprint density at radius 1 is 1.37 bits per heavy atom. The fourth-order valence-corrected chi connectivity index (χ4v) is 5.58. The summed E-state index contributed by atoms with van der Waals surface area (Å²) in [6, 6.07) is 4.99. The maximum atomic E-state index is 14.1. The standard InChI is InChI=1S/C14H19ClFNS2/c1-8-9(2)19-13(7-18-8)14(17-3)11-5-4-10(15)6-12(11)16/h4-6,8-9,13-14,17H,7H2,1-3H3. The Hall–Kier alpha value is 0.1000. The van der Waals surface area contributed by atoms with Crippen LogP contribution in [-0.2, 0) is 0 Å². The summed E-state index contributed by atoms with van der Waals surface area (Å²) < 4.78 is 14.1. The average Bonchev–Trinajstić information content (AvgIpc) is 2.37. The van der Waals surface area contributed by atoms with Crippen molar-refractivity contribution < 1.29 is 4.39 Å². The van der Waals surface area contributed by atoms with Gasteiger partial charge in [-0.05, 0) is 19.2 Å². The summed E-state index contributed by atoms with van der Waals surface area (Å²) in [5.74, 6) is 0.827.